The number of rotatable bonds is 2. The van der Waals surface area contributed by atoms with Crippen LogP contribution in [0.2, 0.25) is 0 Å². The van der Waals surface area contributed by atoms with Crippen molar-refractivity contribution in [3.63, 3.8) is 0 Å². The summed E-state index contributed by atoms with van der Waals surface area (Å²) in [6, 6.07) is 11.9. The molecule has 0 fully saturated rings. The van der Waals surface area contributed by atoms with Crippen molar-refractivity contribution in [2.45, 2.75) is 18.2 Å². The minimum atomic E-state index is 0.736. The maximum Gasteiger partial charge on any atom is 0.100 e. The van der Waals surface area contributed by atoms with Gasteiger partial charge in [-0.25, -0.2) is 0 Å². The van der Waals surface area contributed by atoms with Gasteiger partial charge in [-0.15, -0.1) is 16.9 Å². The lowest BCUT2D eigenvalue weighted by molar-refractivity contribution is 1.20. The minimum absolute atomic E-state index is 0.736. The van der Waals surface area contributed by atoms with Gasteiger partial charge in [-0.05, 0) is 43.0 Å². The Balaban J connectivity index is 2.20. The van der Waals surface area contributed by atoms with Gasteiger partial charge in [-0.2, -0.15) is 5.10 Å². The third kappa shape index (κ3) is 2.72. The van der Waals surface area contributed by atoms with E-state index in [4.69, 9.17) is 11.5 Å². The summed E-state index contributed by atoms with van der Waals surface area (Å²) in [6.07, 6.45) is 2.78. The third-order valence-corrected chi connectivity index (χ3v) is 4.46. The second-order valence-corrected chi connectivity index (χ2v) is 6.18. The lowest BCUT2D eigenvalue weighted by atomic mass is 9.94. The molecular weight excluding hydrogens is 292 g/mol. The molecular formula is C17H18N4S. The minimum Gasteiger partial charge on any atom is -0.399 e. The molecule has 0 aliphatic carbocycles. The lowest BCUT2D eigenvalue weighted by Gasteiger charge is -2.13. The molecule has 0 unspecified atom stereocenters. The van der Waals surface area contributed by atoms with Crippen LogP contribution in [0.5, 0.6) is 0 Å². The molecule has 0 atom stereocenters. The Labute approximate surface area is 134 Å². The lowest BCUT2D eigenvalue weighted by Crippen LogP contribution is -2.08. The average Bonchev–Trinajstić information content (AvgIpc) is 2.65. The molecule has 0 radical (unpaired) electrons. The van der Waals surface area contributed by atoms with Gasteiger partial charge in [-0.1, -0.05) is 12.1 Å². The zero-order chi connectivity index (χ0) is 15.7. The summed E-state index contributed by atoms with van der Waals surface area (Å²) in [5.41, 5.74) is 18.5. The maximum atomic E-state index is 6.14. The van der Waals surface area contributed by atoms with E-state index in [2.05, 4.69) is 16.3 Å². The van der Waals surface area contributed by atoms with Crippen LogP contribution in [0.25, 0.3) is 0 Å². The normalized spacial score (nSPS) is 13.9. The predicted molar refractivity (Wildman–Crippen MR) is 95.9 cm³/mol. The molecule has 2 aromatic carbocycles. The molecule has 0 spiro atoms. The molecule has 0 saturated heterocycles. The van der Waals surface area contributed by atoms with Gasteiger partial charge in [0.2, 0.25) is 0 Å². The maximum absolute atomic E-state index is 6.14. The van der Waals surface area contributed by atoms with Gasteiger partial charge < -0.3 is 11.5 Å². The highest BCUT2D eigenvalue weighted by Gasteiger charge is 2.18. The fourth-order valence-corrected chi connectivity index (χ4v) is 3.07. The molecule has 3 rings (SSSR count). The van der Waals surface area contributed by atoms with Gasteiger partial charge in [-0.3, -0.25) is 0 Å². The van der Waals surface area contributed by atoms with E-state index in [0.717, 1.165) is 50.8 Å². The summed E-state index contributed by atoms with van der Waals surface area (Å²) in [5, 5.41) is 8.79. The molecule has 5 heteroatoms. The number of fused-ring (bicyclic) bond motifs is 1. The Morgan fingerprint density at radius 1 is 1.05 bits per heavy atom. The number of anilines is 2. The molecule has 1 aliphatic heterocycles. The van der Waals surface area contributed by atoms with Crippen molar-refractivity contribution in [1.82, 2.24) is 0 Å². The van der Waals surface area contributed by atoms with Gasteiger partial charge in [0.25, 0.3) is 0 Å². The average molecular weight is 310 g/mol. The summed E-state index contributed by atoms with van der Waals surface area (Å²) < 4.78 is 0. The number of nitrogens with zero attached hydrogens (tertiary/aromatic N) is 2. The molecule has 0 saturated carbocycles. The molecule has 112 valence electrons. The first-order chi connectivity index (χ1) is 10.6. The number of hydrogen-bond donors (Lipinski definition) is 2. The van der Waals surface area contributed by atoms with Crippen LogP contribution in [0.3, 0.4) is 0 Å². The first kappa shape index (κ1) is 14.7. The van der Waals surface area contributed by atoms with Crippen molar-refractivity contribution in [2.75, 3.05) is 17.7 Å². The summed E-state index contributed by atoms with van der Waals surface area (Å²) in [4.78, 5) is 1.06. The molecule has 0 aromatic heterocycles. The van der Waals surface area contributed by atoms with Gasteiger partial charge in [0.1, 0.15) is 5.71 Å². The first-order valence-corrected chi connectivity index (χ1v) is 8.24. The van der Waals surface area contributed by atoms with E-state index in [0.29, 0.717) is 0 Å². The highest BCUT2D eigenvalue weighted by atomic mass is 32.2. The summed E-state index contributed by atoms with van der Waals surface area (Å²) >= 11 is 1.64. The molecule has 0 amide bonds. The topological polar surface area (TPSA) is 76.8 Å². The van der Waals surface area contributed by atoms with Crippen LogP contribution in [0.1, 0.15) is 23.6 Å². The zero-order valence-electron chi connectivity index (χ0n) is 12.6. The van der Waals surface area contributed by atoms with E-state index in [1.807, 2.05) is 43.5 Å². The molecule has 22 heavy (non-hydrogen) atoms. The molecule has 1 heterocycles. The fraction of sp³-hybridized carbons (Fsp3) is 0.176. The second kappa shape index (κ2) is 5.85. The van der Waals surface area contributed by atoms with E-state index in [1.54, 1.807) is 11.8 Å². The first-order valence-electron chi connectivity index (χ1n) is 7.02. The molecule has 0 bridgehead atoms. The van der Waals surface area contributed by atoms with E-state index in [9.17, 15) is 0 Å². The highest BCUT2D eigenvalue weighted by Crippen LogP contribution is 2.30. The van der Waals surface area contributed by atoms with E-state index < -0.39 is 0 Å². The van der Waals surface area contributed by atoms with Gasteiger partial charge in [0, 0.05) is 39.5 Å². The SMILES string of the molecule is CSc1cc2c(cc1N)CC(C)=NN=C2c1ccc(N)cc1. The van der Waals surface area contributed by atoms with Crippen LogP contribution in [0.4, 0.5) is 11.4 Å². The van der Waals surface area contributed by atoms with Crippen molar-refractivity contribution in [3.8, 4) is 0 Å². The smallest absolute Gasteiger partial charge is 0.100 e. The van der Waals surface area contributed by atoms with Gasteiger partial charge in [0.05, 0.1) is 0 Å². The Morgan fingerprint density at radius 3 is 2.45 bits per heavy atom. The van der Waals surface area contributed by atoms with E-state index in [1.165, 1.54) is 0 Å². The summed E-state index contributed by atoms with van der Waals surface area (Å²) in [7, 11) is 0. The van der Waals surface area contributed by atoms with Crippen LogP contribution in [0.15, 0.2) is 51.5 Å². The van der Waals surface area contributed by atoms with Crippen molar-refractivity contribution < 1.29 is 0 Å². The molecule has 4 N–H and O–H groups in total. The number of nitrogens with two attached hydrogens (primary N) is 2. The largest absolute Gasteiger partial charge is 0.399 e. The Kier molecular flexibility index (Phi) is 3.90. The van der Waals surface area contributed by atoms with Crippen molar-refractivity contribution in [1.29, 1.82) is 0 Å². The van der Waals surface area contributed by atoms with Crippen LogP contribution >= 0.6 is 11.8 Å². The Morgan fingerprint density at radius 2 is 1.77 bits per heavy atom. The number of nitrogen functional groups attached to an aromatic ring is 2. The van der Waals surface area contributed by atoms with Crippen molar-refractivity contribution in [3.05, 3.63) is 53.1 Å². The number of benzene rings is 2. The van der Waals surface area contributed by atoms with E-state index >= 15 is 0 Å². The Bertz CT molecular complexity index is 776. The Hall–Kier alpha value is -2.27. The molecule has 2 aromatic rings. The van der Waals surface area contributed by atoms with Crippen LogP contribution in [0, 0.1) is 0 Å². The van der Waals surface area contributed by atoms with E-state index in [-0.39, 0.29) is 0 Å². The van der Waals surface area contributed by atoms with Gasteiger partial charge in [0.15, 0.2) is 0 Å². The quantitative estimate of drug-likeness (QED) is 0.659. The van der Waals surface area contributed by atoms with Crippen molar-refractivity contribution >= 4 is 34.6 Å². The summed E-state index contributed by atoms with van der Waals surface area (Å²) in [5.74, 6) is 0. The second-order valence-electron chi connectivity index (χ2n) is 5.33. The molecule has 1 aliphatic rings. The highest BCUT2D eigenvalue weighted by molar-refractivity contribution is 7.98. The van der Waals surface area contributed by atoms with Crippen molar-refractivity contribution in [2.24, 2.45) is 10.2 Å². The third-order valence-electron chi connectivity index (χ3n) is 3.66. The standard InChI is InChI=1S/C17H18N4S/c1-10-7-12-8-15(19)16(22-2)9-14(12)17(21-20-10)11-3-5-13(18)6-4-11/h3-6,8-9H,7,18-19H2,1-2H3. The monoisotopic (exact) mass is 310 g/mol. The molecule has 4 nitrogen and oxygen atoms in total. The fourth-order valence-electron chi connectivity index (χ4n) is 2.54. The predicted octanol–water partition coefficient (Wildman–Crippen LogP) is 3.34. The zero-order valence-corrected chi connectivity index (χ0v) is 13.4. The number of thioether (sulfide) groups is 1. The van der Waals surface area contributed by atoms with Gasteiger partial charge >= 0.3 is 0 Å². The van der Waals surface area contributed by atoms with Crippen LogP contribution in [-0.4, -0.2) is 17.7 Å². The van der Waals surface area contributed by atoms with Crippen LogP contribution < -0.4 is 11.5 Å². The van der Waals surface area contributed by atoms with Crippen LogP contribution in [-0.2, 0) is 6.42 Å². The summed E-state index contributed by atoms with van der Waals surface area (Å²) in [6.45, 7) is 1.98. The number of hydrogen-bond acceptors (Lipinski definition) is 5.